The number of nitrogens with one attached hydrogen (secondary N) is 1. The standard InChI is InChI=1S/C12H17ClN2O2.ClH/c1-17-11(7-14)6-12(16)15-8-9-3-2-4-10(13)5-9;/h2-5,11H,6-8,14H2,1H3,(H,15,16);1H. The van der Waals surface area contributed by atoms with Crippen molar-refractivity contribution >= 4 is 29.9 Å². The highest BCUT2D eigenvalue weighted by molar-refractivity contribution is 6.30. The molecule has 0 heterocycles. The first-order valence-corrected chi connectivity index (χ1v) is 5.77. The molecule has 0 saturated heterocycles. The van der Waals surface area contributed by atoms with Gasteiger partial charge in [0.05, 0.1) is 12.5 Å². The minimum atomic E-state index is -0.227. The van der Waals surface area contributed by atoms with Crippen LogP contribution < -0.4 is 11.1 Å². The molecule has 4 nitrogen and oxygen atoms in total. The number of methoxy groups -OCH3 is 1. The lowest BCUT2D eigenvalue weighted by molar-refractivity contribution is -0.123. The van der Waals surface area contributed by atoms with Crippen LogP contribution in [-0.4, -0.2) is 25.7 Å². The van der Waals surface area contributed by atoms with E-state index < -0.39 is 0 Å². The average Bonchev–Trinajstić information content (AvgIpc) is 2.33. The number of halogens is 2. The van der Waals surface area contributed by atoms with Gasteiger partial charge < -0.3 is 15.8 Å². The molecule has 1 rings (SSSR count). The Labute approximate surface area is 118 Å². The fourth-order valence-electron chi connectivity index (χ4n) is 1.39. The van der Waals surface area contributed by atoms with Crippen molar-refractivity contribution in [3.05, 3.63) is 34.9 Å². The van der Waals surface area contributed by atoms with Crippen molar-refractivity contribution in [1.82, 2.24) is 5.32 Å². The number of ether oxygens (including phenoxy) is 1. The molecule has 0 aliphatic rings. The van der Waals surface area contributed by atoms with Crippen molar-refractivity contribution in [2.24, 2.45) is 5.73 Å². The van der Waals surface area contributed by atoms with Crippen LogP contribution in [0.4, 0.5) is 0 Å². The number of carbonyl (C=O) groups excluding carboxylic acids is 1. The zero-order chi connectivity index (χ0) is 12.7. The summed E-state index contributed by atoms with van der Waals surface area (Å²) in [5.74, 6) is -0.0812. The lowest BCUT2D eigenvalue weighted by Crippen LogP contribution is -2.31. The van der Waals surface area contributed by atoms with Crippen molar-refractivity contribution < 1.29 is 9.53 Å². The molecule has 18 heavy (non-hydrogen) atoms. The lowest BCUT2D eigenvalue weighted by Gasteiger charge is -2.12. The van der Waals surface area contributed by atoms with E-state index in [1.165, 1.54) is 0 Å². The summed E-state index contributed by atoms with van der Waals surface area (Å²) in [5, 5.41) is 3.45. The number of benzene rings is 1. The zero-order valence-electron chi connectivity index (χ0n) is 10.2. The van der Waals surface area contributed by atoms with Gasteiger partial charge in [-0.1, -0.05) is 23.7 Å². The van der Waals surface area contributed by atoms with Gasteiger partial charge in [-0.3, -0.25) is 4.79 Å². The zero-order valence-corrected chi connectivity index (χ0v) is 11.8. The molecule has 0 aromatic heterocycles. The normalized spacial score (nSPS) is 11.5. The molecule has 0 spiro atoms. The molecule has 0 fully saturated rings. The maximum atomic E-state index is 11.5. The molecular formula is C12H18Cl2N2O2. The van der Waals surface area contributed by atoms with E-state index in [4.69, 9.17) is 22.1 Å². The van der Waals surface area contributed by atoms with Crippen LogP contribution in [0.2, 0.25) is 5.02 Å². The fraction of sp³-hybridized carbons (Fsp3) is 0.417. The molecule has 1 aromatic carbocycles. The van der Waals surface area contributed by atoms with Crippen molar-refractivity contribution in [1.29, 1.82) is 0 Å². The Hall–Kier alpha value is -0.810. The summed E-state index contributed by atoms with van der Waals surface area (Å²) in [6, 6.07) is 7.37. The predicted octanol–water partition coefficient (Wildman–Crippen LogP) is 1.74. The van der Waals surface area contributed by atoms with Crippen molar-refractivity contribution in [3.8, 4) is 0 Å². The van der Waals surface area contributed by atoms with Crippen molar-refractivity contribution in [2.45, 2.75) is 19.1 Å². The van der Waals surface area contributed by atoms with Gasteiger partial charge in [-0.05, 0) is 17.7 Å². The van der Waals surface area contributed by atoms with E-state index in [0.717, 1.165) is 5.56 Å². The third-order valence-electron chi connectivity index (χ3n) is 2.39. The van der Waals surface area contributed by atoms with Crippen LogP contribution in [0.3, 0.4) is 0 Å². The van der Waals surface area contributed by atoms with Gasteiger partial charge in [0.25, 0.3) is 0 Å². The van der Waals surface area contributed by atoms with Crippen LogP contribution in [0.15, 0.2) is 24.3 Å². The van der Waals surface area contributed by atoms with Gasteiger partial charge >= 0.3 is 0 Å². The Morgan fingerprint density at radius 2 is 2.28 bits per heavy atom. The molecule has 1 amide bonds. The summed E-state index contributed by atoms with van der Waals surface area (Å²) in [7, 11) is 1.54. The number of nitrogens with two attached hydrogens (primary N) is 1. The summed E-state index contributed by atoms with van der Waals surface area (Å²) in [6.07, 6.45) is 0.0440. The van der Waals surface area contributed by atoms with E-state index in [9.17, 15) is 4.79 Å². The smallest absolute Gasteiger partial charge is 0.222 e. The maximum absolute atomic E-state index is 11.5. The van der Waals surface area contributed by atoms with E-state index in [1.54, 1.807) is 13.2 Å². The van der Waals surface area contributed by atoms with Crippen LogP contribution in [0, 0.1) is 0 Å². The number of rotatable bonds is 6. The quantitative estimate of drug-likeness (QED) is 0.839. The second-order valence-corrected chi connectivity index (χ2v) is 4.14. The van der Waals surface area contributed by atoms with Gasteiger partial charge in [-0.25, -0.2) is 0 Å². The van der Waals surface area contributed by atoms with Gasteiger partial charge in [0, 0.05) is 25.2 Å². The number of carbonyl (C=O) groups is 1. The summed E-state index contributed by atoms with van der Waals surface area (Å²) in [5.41, 5.74) is 6.40. The minimum absolute atomic E-state index is 0. The largest absolute Gasteiger partial charge is 0.380 e. The lowest BCUT2D eigenvalue weighted by atomic mass is 10.2. The Kier molecular flexibility index (Phi) is 8.75. The van der Waals surface area contributed by atoms with Gasteiger partial charge in [0.15, 0.2) is 0 Å². The summed E-state index contributed by atoms with van der Waals surface area (Å²) in [6.45, 7) is 0.793. The molecule has 0 saturated carbocycles. The van der Waals surface area contributed by atoms with Crippen LogP contribution in [0.25, 0.3) is 0 Å². The molecular weight excluding hydrogens is 275 g/mol. The van der Waals surface area contributed by atoms with E-state index >= 15 is 0 Å². The first kappa shape index (κ1) is 17.2. The molecule has 6 heteroatoms. The average molecular weight is 293 g/mol. The third kappa shape index (κ3) is 6.21. The molecule has 102 valence electrons. The fourth-order valence-corrected chi connectivity index (χ4v) is 1.60. The highest BCUT2D eigenvalue weighted by atomic mass is 35.5. The highest BCUT2D eigenvalue weighted by Gasteiger charge is 2.10. The highest BCUT2D eigenvalue weighted by Crippen LogP contribution is 2.10. The monoisotopic (exact) mass is 292 g/mol. The molecule has 1 unspecified atom stereocenters. The van der Waals surface area contributed by atoms with Gasteiger partial charge in [-0.15, -0.1) is 12.4 Å². The topological polar surface area (TPSA) is 64.3 Å². The first-order valence-electron chi connectivity index (χ1n) is 5.39. The Bertz CT molecular complexity index is 371. The van der Waals surface area contributed by atoms with E-state index in [1.807, 2.05) is 18.2 Å². The summed E-state index contributed by atoms with van der Waals surface area (Å²) >= 11 is 5.84. The molecule has 3 N–H and O–H groups in total. The molecule has 0 bridgehead atoms. The Balaban J connectivity index is 0.00000289. The van der Waals surface area contributed by atoms with Crippen LogP contribution in [0.1, 0.15) is 12.0 Å². The van der Waals surface area contributed by atoms with Gasteiger partial charge in [-0.2, -0.15) is 0 Å². The molecule has 0 aliphatic carbocycles. The van der Waals surface area contributed by atoms with Gasteiger partial charge in [0.1, 0.15) is 0 Å². The Morgan fingerprint density at radius 1 is 1.56 bits per heavy atom. The van der Waals surface area contributed by atoms with Crippen LogP contribution >= 0.6 is 24.0 Å². The van der Waals surface area contributed by atoms with Crippen molar-refractivity contribution in [3.63, 3.8) is 0 Å². The molecule has 1 aromatic rings. The number of hydrogen-bond donors (Lipinski definition) is 2. The van der Waals surface area contributed by atoms with E-state index in [2.05, 4.69) is 5.32 Å². The molecule has 0 aliphatic heterocycles. The molecule has 0 radical (unpaired) electrons. The second kappa shape index (κ2) is 9.16. The maximum Gasteiger partial charge on any atom is 0.222 e. The minimum Gasteiger partial charge on any atom is -0.380 e. The van der Waals surface area contributed by atoms with E-state index in [0.29, 0.717) is 18.1 Å². The van der Waals surface area contributed by atoms with Crippen molar-refractivity contribution in [2.75, 3.05) is 13.7 Å². The van der Waals surface area contributed by atoms with Crippen LogP contribution in [-0.2, 0) is 16.1 Å². The summed E-state index contributed by atoms with van der Waals surface area (Å²) < 4.78 is 5.03. The Morgan fingerprint density at radius 3 is 2.83 bits per heavy atom. The van der Waals surface area contributed by atoms with Gasteiger partial charge in [0.2, 0.25) is 5.91 Å². The second-order valence-electron chi connectivity index (χ2n) is 3.70. The first-order chi connectivity index (χ1) is 8.15. The third-order valence-corrected chi connectivity index (χ3v) is 2.62. The number of hydrogen-bond acceptors (Lipinski definition) is 3. The molecule has 1 atom stereocenters. The SMILES string of the molecule is COC(CN)CC(=O)NCc1cccc(Cl)c1.Cl. The number of amides is 1. The van der Waals surface area contributed by atoms with Crippen LogP contribution in [0.5, 0.6) is 0 Å². The predicted molar refractivity (Wildman–Crippen MR) is 75.0 cm³/mol. The summed E-state index contributed by atoms with van der Waals surface area (Å²) in [4.78, 5) is 11.5. The van der Waals surface area contributed by atoms with E-state index in [-0.39, 0.29) is 30.8 Å².